The molecule has 0 aliphatic rings. The molecule has 0 bridgehead atoms. The average molecular weight is 245 g/mol. The Hall–Kier alpha value is -2.13. The lowest BCUT2D eigenvalue weighted by atomic mass is 10.2. The second-order valence-electron chi connectivity index (χ2n) is 3.34. The molecule has 0 spiro atoms. The minimum atomic E-state index is 0.397. The lowest BCUT2D eigenvalue weighted by Gasteiger charge is -2.07. The molecule has 0 saturated heterocycles. The monoisotopic (exact) mass is 245 g/mol. The van der Waals surface area contributed by atoms with Crippen LogP contribution in [0.5, 0.6) is 0 Å². The fourth-order valence-corrected chi connectivity index (χ4v) is 2.00. The van der Waals surface area contributed by atoms with Gasteiger partial charge in [-0.3, -0.25) is 0 Å². The third-order valence-corrected chi connectivity index (χ3v) is 3.06. The number of thiazole rings is 1. The molecule has 2 heterocycles. The number of nitriles is 1. The Morgan fingerprint density at radius 3 is 3.00 bits per heavy atom. The molecule has 17 heavy (non-hydrogen) atoms. The molecule has 2 aromatic rings. The van der Waals surface area contributed by atoms with Gasteiger partial charge >= 0.3 is 0 Å². The van der Waals surface area contributed by atoms with Crippen LogP contribution in [0.3, 0.4) is 0 Å². The normalized spacial score (nSPS) is 9.82. The fraction of sp³-hybridized carbons (Fsp3) is 0.182. The van der Waals surface area contributed by atoms with Gasteiger partial charge < -0.3 is 11.1 Å². The zero-order valence-electron chi connectivity index (χ0n) is 9.05. The maximum Gasteiger partial charge on any atom is 0.150 e. The van der Waals surface area contributed by atoms with Gasteiger partial charge in [0.15, 0.2) is 5.82 Å². The lowest BCUT2D eigenvalue weighted by Crippen LogP contribution is -2.09. The first-order valence-electron chi connectivity index (χ1n) is 5.08. The summed E-state index contributed by atoms with van der Waals surface area (Å²) in [5.74, 6) is 0.556. The molecule has 0 radical (unpaired) electrons. The van der Waals surface area contributed by atoms with E-state index in [2.05, 4.69) is 15.3 Å². The molecule has 0 aromatic carbocycles. The molecule has 0 aliphatic carbocycles. The summed E-state index contributed by atoms with van der Waals surface area (Å²) in [5, 5.41) is 14.9. The van der Waals surface area contributed by atoms with Crippen molar-refractivity contribution in [3.8, 4) is 6.07 Å². The van der Waals surface area contributed by atoms with Gasteiger partial charge in [0.05, 0.1) is 16.3 Å². The third kappa shape index (κ3) is 2.71. The number of nitrogens with one attached hydrogen (secondary N) is 1. The number of nitrogens with zero attached hydrogens (tertiary/aromatic N) is 3. The number of hydrogen-bond acceptors (Lipinski definition) is 6. The van der Waals surface area contributed by atoms with Crippen molar-refractivity contribution in [2.24, 2.45) is 0 Å². The third-order valence-electron chi connectivity index (χ3n) is 2.23. The van der Waals surface area contributed by atoms with E-state index in [0.717, 1.165) is 11.4 Å². The average Bonchev–Trinajstić information content (AvgIpc) is 2.84. The van der Waals surface area contributed by atoms with Crippen molar-refractivity contribution in [3.05, 3.63) is 34.4 Å². The first-order valence-corrected chi connectivity index (χ1v) is 5.96. The van der Waals surface area contributed by atoms with Crippen molar-refractivity contribution in [2.75, 3.05) is 17.6 Å². The smallest absolute Gasteiger partial charge is 0.150 e. The quantitative estimate of drug-likeness (QED) is 0.855. The van der Waals surface area contributed by atoms with Crippen molar-refractivity contribution < 1.29 is 0 Å². The van der Waals surface area contributed by atoms with E-state index >= 15 is 0 Å². The Balaban J connectivity index is 1.98. The van der Waals surface area contributed by atoms with Crippen LogP contribution < -0.4 is 11.1 Å². The second kappa shape index (κ2) is 5.27. The van der Waals surface area contributed by atoms with Crippen molar-refractivity contribution >= 4 is 22.8 Å². The van der Waals surface area contributed by atoms with Crippen LogP contribution in [0.4, 0.5) is 11.5 Å². The van der Waals surface area contributed by atoms with Crippen LogP contribution in [0.15, 0.2) is 23.8 Å². The number of anilines is 2. The summed E-state index contributed by atoms with van der Waals surface area (Å²) in [5.41, 5.74) is 6.63. The van der Waals surface area contributed by atoms with E-state index in [9.17, 15) is 0 Å². The van der Waals surface area contributed by atoms with Crippen LogP contribution in [0.25, 0.3) is 0 Å². The van der Waals surface area contributed by atoms with Crippen LogP contribution in [-0.2, 0) is 6.42 Å². The van der Waals surface area contributed by atoms with Crippen molar-refractivity contribution in [2.45, 2.75) is 6.42 Å². The van der Waals surface area contributed by atoms with Crippen LogP contribution in [0.1, 0.15) is 10.6 Å². The Morgan fingerprint density at radius 1 is 1.41 bits per heavy atom. The summed E-state index contributed by atoms with van der Waals surface area (Å²) in [4.78, 5) is 8.28. The molecule has 2 aromatic heterocycles. The molecule has 0 unspecified atom stereocenters. The lowest BCUT2D eigenvalue weighted by molar-refractivity contribution is 0.988. The minimum Gasteiger partial charge on any atom is -0.395 e. The summed E-state index contributed by atoms with van der Waals surface area (Å²) >= 11 is 1.61. The van der Waals surface area contributed by atoms with Crippen molar-refractivity contribution in [1.82, 2.24) is 9.97 Å². The zero-order valence-corrected chi connectivity index (χ0v) is 9.87. The molecule has 2 rings (SSSR count). The first kappa shape index (κ1) is 11.4. The molecule has 5 nitrogen and oxygen atoms in total. The van der Waals surface area contributed by atoms with Gasteiger partial charge in [-0.25, -0.2) is 9.97 Å². The van der Waals surface area contributed by atoms with E-state index in [0.29, 0.717) is 23.6 Å². The van der Waals surface area contributed by atoms with Gasteiger partial charge in [0.25, 0.3) is 0 Å². The summed E-state index contributed by atoms with van der Waals surface area (Å²) in [6.45, 7) is 0.694. The number of nitrogen functional groups attached to an aromatic ring is 1. The first-order chi connectivity index (χ1) is 8.31. The van der Waals surface area contributed by atoms with Gasteiger partial charge in [-0.05, 0) is 6.07 Å². The summed E-state index contributed by atoms with van der Waals surface area (Å²) in [7, 11) is 0. The second-order valence-corrected chi connectivity index (χ2v) is 4.31. The zero-order chi connectivity index (χ0) is 12.1. The summed E-state index contributed by atoms with van der Waals surface area (Å²) < 4.78 is 0. The Kier molecular flexibility index (Phi) is 3.52. The Morgan fingerprint density at radius 2 is 2.29 bits per heavy atom. The maximum absolute atomic E-state index is 8.82. The highest BCUT2D eigenvalue weighted by atomic mass is 32.1. The van der Waals surface area contributed by atoms with Crippen LogP contribution in [-0.4, -0.2) is 16.5 Å². The molecule has 0 saturated carbocycles. The van der Waals surface area contributed by atoms with E-state index in [1.165, 1.54) is 0 Å². The highest BCUT2D eigenvalue weighted by molar-refractivity contribution is 7.09. The van der Waals surface area contributed by atoms with Gasteiger partial charge in [-0.15, -0.1) is 11.3 Å². The predicted octanol–water partition coefficient (Wildman–Crippen LogP) is 1.65. The van der Waals surface area contributed by atoms with Crippen LogP contribution in [0.2, 0.25) is 0 Å². The standard InChI is InChI=1S/C11H11N5S/c12-7-8-1-3-15-11(10(8)13)16-4-2-9-14-5-6-17-9/h1,3,5-6H,2,4,13H2,(H,15,16). The highest BCUT2D eigenvalue weighted by Gasteiger charge is 2.05. The fourth-order valence-electron chi connectivity index (χ4n) is 1.38. The van der Waals surface area contributed by atoms with Gasteiger partial charge in [0.2, 0.25) is 0 Å². The van der Waals surface area contributed by atoms with Crippen molar-refractivity contribution in [3.63, 3.8) is 0 Å². The Labute approximate surface area is 103 Å². The summed E-state index contributed by atoms with van der Waals surface area (Å²) in [6, 6.07) is 3.62. The van der Waals surface area contributed by atoms with E-state index in [1.807, 2.05) is 11.4 Å². The van der Waals surface area contributed by atoms with E-state index in [1.54, 1.807) is 29.8 Å². The SMILES string of the molecule is N#Cc1ccnc(NCCc2nccs2)c1N. The molecule has 0 atom stereocenters. The number of nitrogens with two attached hydrogens (primary N) is 1. The number of pyridine rings is 1. The van der Waals surface area contributed by atoms with Crippen molar-refractivity contribution in [1.29, 1.82) is 5.26 Å². The van der Waals surface area contributed by atoms with Gasteiger partial charge in [0.1, 0.15) is 6.07 Å². The molecule has 86 valence electrons. The molecule has 3 N–H and O–H groups in total. The summed E-state index contributed by atoms with van der Waals surface area (Å²) in [6.07, 6.45) is 4.17. The molecule has 0 fully saturated rings. The topological polar surface area (TPSA) is 87.6 Å². The number of rotatable bonds is 4. The van der Waals surface area contributed by atoms with E-state index in [-0.39, 0.29) is 0 Å². The number of hydrogen-bond donors (Lipinski definition) is 2. The molecule has 0 amide bonds. The van der Waals surface area contributed by atoms with Gasteiger partial charge in [-0.1, -0.05) is 0 Å². The number of aromatic nitrogens is 2. The molecule has 0 aliphatic heterocycles. The van der Waals surface area contributed by atoms with Gasteiger partial charge in [0, 0.05) is 30.7 Å². The highest BCUT2D eigenvalue weighted by Crippen LogP contribution is 2.18. The Bertz CT molecular complexity index is 529. The maximum atomic E-state index is 8.82. The molecular formula is C11H11N5S. The van der Waals surface area contributed by atoms with E-state index < -0.39 is 0 Å². The van der Waals surface area contributed by atoms with Crippen LogP contribution in [0, 0.1) is 11.3 Å². The molecular weight excluding hydrogens is 234 g/mol. The largest absolute Gasteiger partial charge is 0.395 e. The van der Waals surface area contributed by atoms with Gasteiger partial charge in [-0.2, -0.15) is 5.26 Å². The predicted molar refractivity (Wildman–Crippen MR) is 67.7 cm³/mol. The van der Waals surface area contributed by atoms with E-state index in [4.69, 9.17) is 11.0 Å². The van der Waals surface area contributed by atoms with Crippen LogP contribution >= 0.6 is 11.3 Å². The minimum absolute atomic E-state index is 0.397. The molecule has 6 heteroatoms.